The van der Waals surface area contributed by atoms with Crippen LogP contribution in [0.25, 0.3) is 0 Å². The number of esters is 2. The molecule has 0 heterocycles. The minimum absolute atomic E-state index is 0.0975. The van der Waals surface area contributed by atoms with Crippen LogP contribution in [0.5, 0.6) is 0 Å². The first kappa shape index (κ1) is 41.8. The third-order valence-corrected chi connectivity index (χ3v) is 7.05. The van der Waals surface area contributed by atoms with Gasteiger partial charge >= 0.3 is 11.9 Å². The Bertz CT molecular complexity index is 801. The average Bonchev–Trinajstić information content (AvgIpc) is 2.88. The summed E-state index contributed by atoms with van der Waals surface area (Å²) in [6.07, 6.45) is 17.3. The minimum atomic E-state index is -0.837. The van der Waals surface area contributed by atoms with Crippen LogP contribution < -0.4 is 16.4 Å². The van der Waals surface area contributed by atoms with Crippen LogP contribution >= 0.6 is 0 Å². The van der Waals surface area contributed by atoms with E-state index in [2.05, 4.69) is 10.6 Å². The number of unbranched alkanes of at least 4 members (excludes halogenated alkanes) is 12. The Morgan fingerprint density at radius 2 is 1.07 bits per heavy atom. The van der Waals surface area contributed by atoms with Gasteiger partial charge in [0.2, 0.25) is 11.8 Å². The molecule has 2 atom stereocenters. The summed E-state index contributed by atoms with van der Waals surface area (Å²) in [5.74, 6) is -0.914. The molecule has 258 valence electrons. The predicted octanol–water partition coefficient (Wildman–Crippen LogP) is 7.03. The standard InChI is InChI=1S/C35H67N3O6/c1-28(36)22-20-21-27-37-30(39)26-25-29(33(42)44-35(5,6)7)38-31(40)23-18-16-14-12-10-8-9-11-13-15-17-19-24-32(41)43-34(2,3)4/h28-29H,8-27,36H2,1-7H3,(H,37,39)(H,38,40). The van der Waals surface area contributed by atoms with Crippen molar-refractivity contribution in [2.45, 2.75) is 194 Å². The monoisotopic (exact) mass is 626 g/mol. The molecule has 0 aromatic rings. The minimum Gasteiger partial charge on any atom is -0.460 e. The maximum absolute atomic E-state index is 12.7. The lowest BCUT2D eigenvalue weighted by atomic mass is 10.0. The van der Waals surface area contributed by atoms with Crippen molar-refractivity contribution in [1.29, 1.82) is 0 Å². The number of amides is 2. The average molecular weight is 626 g/mol. The smallest absolute Gasteiger partial charge is 0.329 e. The zero-order chi connectivity index (χ0) is 33.4. The van der Waals surface area contributed by atoms with Crippen molar-refractivity contribution < 1.29 is 28.7 Å². The molecule has 0 aromatic carbocycles. The Balaban J connectivity index is 4.05. The van der Waals surface area contributed by atoms with Crippen molar-refractivity contribution in [3.05, 3.63) is 0 Å². The molecule has 4 N–H and O–H groups in total. The Morgan fingerprint density at radius 3 is 1.55 bits per heavy atom. The summed E-state index contributed by atoms with van der Waals surface area (Å²) in [4.78, 5) is 49.3. The lowest BCUT2D eigenvalue weighted by Crippen LogP contribution is -2.44. The molecule has 0 aliphatic rings. The fourth-order valence-corrected chi connectivity index (χ4v) is 4.79. The van der Waals surface area contributed by atoms with Gasteiger partial charge in [0, 0.05) is 31.8 Å². The maximum atomic E-state index is 12.7. The molecule has 0 saturated heterocycles. The molecule has 0 saturated carbocycles. The fourth-order valence-electron chi connectivity index (χ4n) is 4.79. The molecule has 0 aliphatic heterocycles. The van der Waals surface area contributed by atoms with Gasteiger partial charge in [-0.1, -0.05) is 70.6 Å². The molecule has 0 bridgehead atoms. The second-order valence-electron chi connectivity index (χ2n) is 14.3. The number of ether oxygens (including phenoxy) is 2. The van der Waals surface area contributed by atoms with E-state index in [4.69, 9.17) is 15.2 Å². The van der Waals surface area contributed by atoms with E-state index in [-0.39, 0.29) is 36.7 Å². The Hall–Kier alpha value is -2.16. The van der Waals surface area contributed by atoms with Gasteiger partial charge in [0.1, 0.15) is 17.2 Å². The van der Waals surface area contributed by atoms with Crippen LogP contribution in [0.4, 0.5) is 0 Å². The Labute approximate surface area is 268 Å². The molecule has 2 amide bonds. The summed E-state index contributed by atoms with van der Waals surface area (Å²) in [5, 5.41) is 5.69. The molecule has 0 spiro atoms. The summed E-state index contributed by atoms with van der Waals surface area (Å²) in [6, 6.07) is -0.679. The van der Waals surface area contributed by atoms with Gasteiger partial charge in [-0.05, 0) is 80.6 Å². The van der Waals surface area contributed by atoms with Crippen LogP contribution in [-0.4, -0.2) is 53.6 Å². The lowest BCUT2D eigenvalue weighted by molar-refractivity contribution is -0.159. The first-order chi connectivity index (χ1) is 20.6. The van der Waals surface area contributed by atoms with Crippen LogP contribution in [0.15, 0.2) is 0 Å². The van der Waals surface area contributed by atoms with Gasteiger partial charge in [0.15, 0.2) is 0 Å². The van der Waals surface area contributed by atoms with Crippen LogP contribution in [0.3, 0.4) is 0 Å². The molecule has 2 unspecified atom stereocenters. The van der Waals surface area contributed by atoms with Gasteiger partial charge in [-0.2, -0.15) is 0 Å². The van der Waals surface area contributed by atoms with Gasteiger partial charge in [-0.3, -0.25) is 14.4 Å². The number of nitrogens with two attached hydrogens (primary N) is 1. The van der Waals surface area contributed by atoms with Crippen molar-refractivity contribution in [3.8, 4) is 0 Å². The summed E-state index contributed by atoms with van der Waals surface area (Å²) < 4.78 is 10.8. The highest BCUT2D eigenvalue weighted by atomic mass is 16.6. The summed E-state index contributed by atoms with van der Waals surface area (Å²) in [5.41, 5.74) is 4.68. The summed E-state index contributed by atoms with van der Waals surface area (Å²) >= 11 is 0. The second-order valence-corrected chi connectivity index (χ2v) is 14.3. The van der Waals surface area contributed by atoms with Gasteiger partial charge in [0.05, 0.1) is 0 Å². The Morgan fingerprint density at radius 1 is 0.591 bits per heavy atom. The predicted molar refractivity (Wildman–Crippen MR) is 178 cm³/mol. The van der Waals surface area contributed by atoms with E-state index in [1.807, 2.05) is 27.7 Å². The zero-order valence-electron chi connectivity index (χ0n) is 29.3. The quantitative estimate of drug-likeness (QED) is 0.0732. The summed E-state index contributed by atoms with van der Waals surface area (Å²) in [7, 11) is 0. The van der Waals surface area contributed by atoms with Gasteiger partial charge in [-0.15, -0.1) is 0 Å². The molecule has 0 fully saturated rings. The second kappa shape index (κ2) is 24.1. The van der Waals surface area contributed by atoms with Crippen LogP contribution in [0.1, 0.15) is 170 Å². The van der Waals surface area contributed by atoms with Gasteiger partial charge < -0.3 is 25.8 Å². The van der Waals surface area contributed by atoms with Crippen molar-refractivity contribution in [2.24, 2.45) is 5.73 Å². The van der Waals surface area contributed by atoms with Crippen molar-refractivity contribution in [3.63, 3.8) is 0 Å². The van der Waals surface area contributed by atoms with E-state index in [0.29, 0.717) is 19.4 Å². The molecule has 9 heteroatoms. The number of carbonyl (C=O) groups is 4. The molecule has 0 radical (unpaired) electrons. The van der Waals surface area contributed by atoms with Crippen molar-refractivity contribution >= 4 is 23.8 Å². The highest BCUT2D eigenvalue weighted by Gasteiger charge is 2.27. The van der Waals surface area contributed by atoms with E-state index >= 15 is 0 Å². The van der Waals surface area contributed by atoms with Crippen LogP contribution in [0.2, 0.25) is 0 Å². The highest BCUT2D eigenvalue weighted by molar-refractivity contribution is 5.85. The molecular weight excluding hydrogens is 558 g/mol. The number of carbonyl (C=O) groups excluding carboxylic acids is 4. The van der Waals surface area contributed by atoms with Crippen molar-refractivity contribution in [2.75, 3.05) is 6.54 Å². The topological polar surface area (TPSA) is 137 Å². The third-order valence-electron chi connectivity index (χ3n) is 7.05. The van der Waals surface area contributed by atoms with E-state index in [0.717, 1.165) is 51.4 Å². The van der Waals surface area contributed by atoms with E-state index < -0.39 is 23.2 Å². The van der Waals surface area contributed by atoms with Gasteiger partial charge in [0.25, 0.3) is 0 Å². The number of rotatable bonds is 25. The maximum Gasteiger partial charge on any atom is 0.329 e. The molecule has 9 nitrogen and oxygen atoms in total. The molecule has 0 aromatic heterocycles. The van der Waals surface area contributed by atoms with Crippen LogP contribution in [-0.2, 0) is 28.7 Å². The third kappa shape index (κ3) is 28.6. The van der Waals surface area contributed by atoms with Gasteiger partial charge in [-0.25, -0.2) is 4.79 Å². The van der Waals surface area contributed by atoms with E-state index in [1.54, 1.807) is 20.8 Å². The molecular formula is C35H67N3O6. The normalized spacial score (nSPS) is 13.2. The van der Waals surface area contributed by atoms with E-state index in [9.17, 15) is 19.2 Å². The highest BCUT2D eigenvalue weighted by Crippen LogP contribution is 2.15. The molecule has 0 rings (SSSR count). The van der Waals surface area contributed by atoms with Crippen molar-refractivity contribution in [1.82, 2.24) is 10.6 Å². The first-order valence-corrected chi connectivity index (χ1v) is 17.4. The van der Waals surface area contributed by atoms with E-state index in [1.165, 1.54) is 44.9 Å². The SMILES string of the molecule is CC(N)CCCCNC(=O)CCC(NC(=O)CCCCCCCCCCCCCCC(=O)OC(C)(C)C)C(=O)OC(C)(C)C. The molecule has 0 aliphatic carbocycles. The molecule has 44 heavy (non-hydrogen) atoms. The largest absolute Gasteiger partial charge is 0.460 e. The van der Waals surface area contributed by atoms with Crippen LogP contribution in [0, 0.1) is 0 Å². The number of hydrogen-bond donors (Lipinski definition) is 3. The first-order valence-electron chi connectivity index (χ1n) is 17.4. The number of nitrogens with one attached hydrogen (secondary N) is 2. The zero-order valence-corrected chi connectivity index (χ0v) is 29.3. The lowest BCUT2D eigenvalue weighted by Gasteiger charge is -2.24. The fraction of sp³-hybridized carbons (Fsp3) is 0.886. The summed E-state index contributed by atoms with van der Waals surface area (Å²) in [6.45, 7) is 13.6. The number of hydrogen-bond acceptors (Lipinski definition) is 7. The Kier molecular flexibility index (Phi) is 22.9.